The van der Waals surface area contributed by atoms with E-state index in [4.69, 9.17) is 4.74 Å². The third-order valence-electron chi connectivity index (χ3n) is 4.39. The van der Waals surface area contributed by atoms with Gasteiger partial charge < -0.3 is 4.74 Å². The molecule has 25 heavy (non-hydrogen) atoms. The molecule has 5 nitrogen and oxygen atoms in total. The van der Waals surface area contributed by atoms with Gasteiger partial charge in [0.15, 0.2) is 0 Å². The summed E-state index contributed by atoms with van der Waals surface area (Å²) in [6.07, 6.45) is 5.16. The molecule has 0 saturated carbocycles. The van der Waals surface area contributed by atoms with Gasteiger partial charge in [-0.2, -0.15) is 5.26 Å². The molecule has 0 amide bonds. The van der Waals surface area contributed by atoms with Gasteiger partial charge in [0, 0.05) is 5.39 Å². The standard InChI is InChI=1S/C20H21N3O2/c1-2-25-20(24)17(14-21)13-16-12-15-8-4-5-9-18(15)22-19(16)23-10-6-3-7-11-23/h4-5,8-9,12-13H,2-3,6-7,10-11H2,1H3/p+1/b17-13+. The summed E-state index contributed by atoms with van der Waals surface area (Å²) >= 11 is 0. The van der Waals surface area contributed by atoms with Crippen molar-refractivity contribution in [2.75, 3.05) is 24.6 Å². The number of esters is 1. The number of para-hydroxylation sites is 1. The zero-order chi connectivity index (χ0) is 17.6. The second-order valence-electron chi connectivity index (χ2n) is 6.10. The molecular weight excluding hydrogens is 314 g/mol. The molecule has 0 spiro atoms. The Bertz CT molecular complexity index is 846. The minimum Gasteiger partial charge on any atom is -0.462 e. The molecule has 1 aromatic carbocycles. The summed E-state index contributed by atoms with van der Waals surface area (Å²) in [5.74, 6) is 0.373. The number of aromatic amines is 1. The first-order valence-electron chi connectivity index (χ1n) is 8.72. The number of carbonyl (C=O) groups is 1. The fourth-order valence-corrected chi connectivity index (χ4v) is 3.16. The molecule has 0 radical (unpaired) electrons. The van der Waals surface area contributed by atoms with Crippen molar-refractivity contribution in [2.24, 2.45) is 0 Å². The van der Waals surface area contributed by atoms with Gasteiger partial charge in [0.05, 0.1) is 25.3 Å². The molecule has 2 heterocycles. The molecule has 5 heteroatoms. The van der Waals surface area contributed by atoms with Gasteiger partial charge in [0.25, 0.3) is 5.82 Å². The fraction of sp³-hybridized carbons (Fsp3) is 0.350. The highest BCUT2D eigenvalue weighted by atomic mass is 16.5. The lowest BCUT2D eigenvalue weighted by Crippen LogP contribution is -2.35. The van der Waals surface area contributed by atoms with Crippen LogP contribution in [-0.4, -0.2) is 25.7 Å². The average molecular weight is 336 g/mol. The highest BCUT2D eigenvalue weighted by Crippen LogP contribution is 2.25. The number of pyridine rings is 1. The van der Waals surface area contributed by atoms with Crippen molar-refractivity contribution in [3.05, 3.63) is 41.5 Å². The average Bonchev–Trinajstić information content (AvgIpc) is 2.66. The Kier molecular flexibility index (Phi) is 5.30. The molecule has 1 saturated heterocycles. The van der Waals surface area contributed by atoms with E-state index in [1.54, 1.807) is 13.0 Å². The van der Waals surface area contributed by atoms with E-state index in [9.17, 15) is 10.1 Å². The van der Waals surface area contributed by atoms with Gasteiger partial charge in [-0.25, -0.2) is 9.78 Å². The number of nitrogens with one attached hydrogen (secondary N) is 1. The third-order valence-corrected chi connectivity index (χ3v) is 4.39. The van der Waals surface area contributed by atoms with E-state index in [1.807, 2.05) is 36.4 Å². The molecule has 0 aliphatic carbocycles. The first-order chi connectivity index (χ1) is 12.2. The Balaban J connectivity index is 2.10. The second kappa shape index (κ2) is 7.80. The topological polar surface area (TPSA) is 67.5 Å². The zero-order valence-electron chi connectivity index (χ0n) is 14.4. The zero-order valence-corrected chi connectivity index (χ0v) is 14.4. The van der Waals surface area contributed by atoms with Crippen LogP contribution in [0.5, 0.6) is 0 Å². The Morgan fingerprint density at radius 1 is 1.32 bits per heavy atom. The number of anilines is 1. The first-order valence-corrected chi connectivity index (χ1v) is 8.72. The number of nitriles is 1. The minimum absolute atomic E-state index is 0.0174. The van der Waals surface area contributed by atoms with Crippen molar-refractivity contribution in [3.63, 3.8) is 0 Å². The number of fused-ring (bicyclic) bond motifs is 1. The number of H-pyrrole nitrogens is 1. The smallest absolute Gasteiger partial charge is 0.348 e. The van der Waals surface area contributed by atoms with Gasteiger partial charge in [-0.15, -0.1) is 0 Å². The Morgan fingerprint density at radius 2 is 2.08 bits per heavy atom. The highest BCUT2D eigenvalue weighted by molar-refractivity contribution is 5.99. The molecule has 1 aliphatic rings. The summed E-state index contributed by atoms with van der Waals surface area (Å²) in [5, 5.41) is 10.4. The van der Waals surface area contributed by atoms with Crippen LogP contribution in [0, 0.1) is 11.3 Å². The van der Waals surface area contributed by atoms with E-state index in [2.05, 4.69) is 9.88 Å². The number of piperidine rings is 1. The lowest BCUT2D eigenvalue weighted by molar-refractivity contribution is -0.331. The van der Waals surface area contributed by atoms with E-state index in [-0.39, 0.29) is 12.2 Å². The summed E-state index contributed by atoms with van der Waals surface area (Å²) in [6.45, 7) is 3.92. The van der Waals surface area contributed by atoms with Crippen molar-refractivity contribution in [1.82, 2.24) is 0 Å². The highest BCUT2D eigenvalue weighted by Gasteiger charge is 2.24. The van der Waals surface area contributed by atoms with Crippen LogP contribution in [0.15, 0.2) is 35.9 Å². The molecule has 2 aromatic rings. The van der Waals surface area contributed by atoms with E-state index in [0.717, 1.165) is 48.2 Å². The van der Waals surface area contributed by atoms with Gasteiger partial charge in [0.2, 0.25) is 0 Å². The van der Waals surface area contributed by atoms with Crippen LogP contribution >= 0.6 is 0 Å². The normalized spacial score (nSPS) is 15.0. The SMILES string of the molecule is CCOC(=O)/C(C#N)=C/c1cc2ccccc2[nH+]c1N1CCCCC1. The van der Waals surface area contributed by atoms with Crippen LogP contribution in [-0.2, 0) is 9.53 Å². The molecule has 128 valence electrons. The van der Waals surface area contributed by atoms with Crippen LogP contribution in [0.2, 0.25) is 0 Å². The minimum atomic E-state index is -0.581. The van der Waals surface area contributed by atoms with Crippen molar-refractivity contribution in [2.45, 2.75) is 26.2 Å². The molecule has 1 aliphatic heterocycles. The number of rotatable bonds is 4. The van der Waals surface area contributed by atoms with E-state index >= 15 is 0 Å². The van der Waals surface area contributed by atoms with Crippen molar-refractivity contribution in [3.8, 4) is 6.07 Å². The number of hydrogen-bond donors (Lipinski definition) is 0. The molecule has 1 aromatic heterocycles. The van der Waals surface area contributed by atoms with Gasteiger partial charge in [-0.3, -0.25) is 4.90 Å². The molecular formula is C20H22N3O2+. The molecule has 1 N–H and O–H groups in total. The Labute approximate surface area is 147 Å². The van der Waals surface area contributed by atoms with E-state index in [0.29, 0.717) is 0 Å². The van der Waals surface area contributed by atoms with Crippen LogP contribution in [0.4, 0.5) is 5.82 Å². The molecule has 0 unspecified atom stereocenters. The van der Waals surface area contributed by atoms with Gasteiger partial charge in [-0.05, 0) is 44.4 Å². The van der Waals surface area contributed by atoms with Crippen molar-refractivity contribution in [1.29, 1.82) is 5.26 Å². The third kappa shape index (κ3) is 3.80. The maximum Gasteiger partial charge on any atom is 0.348 e. The lowest BCUT2D eigenvalue weighted by Gasteiger charge is -2.22. The quantitative estimate of drug-likeness (QED) is 0.489. The van der Waals surface area contributed by atoms with Crippen LogP contribution in [0.3, 0.4) is 0 Å². The van der Waals surface area contributed by atoms with E-state index in [1.165, 1.54) is 6.42 Å². The van der Waals surface area contributed by atoms with Crippen LogP contribution < -0.4 is 9.88 Å². The molecule has 1 fully saturated rings. The van der Waals surface area contributed by atoms with Gasteiger partial charge >= 0.3 is 5.97 Å². The van der Waals surface area contributed by atoms with Crippen molar-refractivity contribution < 1.29 is 14.5 Å². The summed E-state index contributed by atoms with van der Waals surface area (Å²) in [6, 6.07) is 12.0. The van der Waals surface area contributed by atoms with Crippen LogP contribution in [0.25, 0.3) is 17.0 Å². The number of nitrogens with zero attached hydrogens (tertiary/aromatic N) is 2. The predicted molar refractivity (Wildman–Crippen MR) is 96.8 cm³/mol. The number of aromatic nitrogens is 1. The maximum absolute atomic E-state index is 12.0. The van der Waals surface area contributed by atoms with E-state index < -0.39 is 5.97 Å². The Hall–Kier alpha value is -2.87. The number of benzene rings is 1. The first kappa shape index (κ1) is 17.0. The fourth-order valence-electron chi connectivity index (χ4n) is 3.16. The number of ether oxygens (including phenoxy) is 1. The summed E-state index contributed by atoms with van der Waals surface area (Å²) in [5.41, 5.74) is 1.89. The maximum atomic E-state index is 12.0. The Morgan fingerprint density at radius 3 is 2.80 bits per heavy atom. The largest absolute Gasteiger partial charge is 0.462 e. The second-order valence-corrected chi connectivity index (χ2v) is 6.10. The molecule has 0 bridgehead atoms. The number of carbonyl (C=O) groups excluding carboxylic acids is 1. The van der Waals surface area contributed by atoms with Crippen molar-refractivity contribution >= 4 is 28.8 Å². The lowest BCUT2D eigenvalue weighted by atomic mass is 10.1. The summed E-state index contributed by atoms with van der Waals surface area (Å²) < 4.78 is 4.99. The van der Waals surface area contributed by atoms with Gasteiger partial charge in [-0.1, -0.05) is 18.2 Å². The van der Waals surface area contributed by atoms with Gasteiger partial charge in [0.1, 0.15) is 17.2 Å². The predicted octanol–water partition coefficient (Wildman–Crippen LogP) is 3.11. The molecule has 3 rings (SSSR count). The summed E-state index contributed by atoms with van der Waals surface area (Å²) in [7, 11) is 0. The van der Waals surface area contributed by atoms with Crippen LogP contribution in [0.1, 0.15) is 31.7 Å². The number of hydrogen-bond acceptors (Lipinski definition) is 4. The molecule has 0 atom stereocenters. The summed E-state index contributed by atoms with van der Waals surface area (Å²) in [4.78, 5) is 17.8. The monoisotopic (exact) mass is 336 g/mol.